The van der Waals surface area contributed by atoms with Gasteiger partial charge >= 0.3 is 0 Å². The van der Waals surface area contributed by atoms with Gasteiger partial charge in [-0.25, -0.2) is 4.52 Å². The summed E-state index contributed by atoms with van der Waals surface area (Å²) < 4.78 is 7.16. The molecule has 0 saturated carbocycles. The number of pyridine rings is 1. The molecule has 8 nitrogen and oxygen atoms in total. The molecular weight excluding hydrogens is 366 g/mol. The van der Waals surface area contributed by atoms with Crippen molar-refractivity contribution >= 4 is 16.8 Å². The molecule has 0 aromatic carbocycles. The fourth-order valence-corrected chi connectivity index (χ4v) is 4.25. The Kier molecular flexibility index (Phi) is 5.51. The van der Waals surface area contributed by atoms with Crippen molar-refractivity contribution in [2.24, 2.45) is 10.7 Å². The summed E-state index contributed by atoms with van der Waals surface area (Å²) in [6.07, 6.45) is 7.49. The fourth-order valence-electron chi connectivity index (χ4n) is 4.25. The zero-order valence-electron chi connectivity index (χ0n) is 16.9. The largest absolute Gasteiger partial charge is 0.494 e. The van der Waals surface area contributed by atoms with E-state index < -0.39 is 0 Å². The third kappa shape index (κ3) is 3.71. The number of aromatic nitrogens is 2. The SMILES string of the molecule is COc1cc(/C(=C/N)C(C)=NC2CN(C3CCCNC3)C2)cn2ncc(C#N)c12. The minimum absolute atomic E-state index is 0.299. The van der Waals surface area contributed by atoms with Crippen LogP contribution in [-0.2, 0) is 0 Å². The summed E-state index contributed by atoms with van der Waals surface area (Å²) in [6, 6.07) is 4.97. The molecule has 4 heterocycles. The number of hydrogen-bond acceptors (Lipinski definition) is 7. The molecule has 1 atom stereocenters. The molecule has 2 aromatic rings. The predicted molar refractivity (Wildman–Crippen MR) is 113 cm³/mol. The monoisotopic (exact) mass is 393 g/mol. The quantitative estimate of drug-likeness (QED) is 0.745. The number of aliphatic imine (C=N–C) groups is 1. The highest BCUT2D eigenvalue weighted by molar-refractivity contribution is 6.22. The summed E-state index contributed by atoms with van der Waals surface area (Å²) >= 11 is 0. The number of nitrogens with two attached hydrogens (primary N) is 1. The average molecular weight is 393 g/mol. The summed E-state index contributed by atoms with van der Waals surface area (Å²) in [5.41, 5.74) is 9.70. The minimum Gasteiger partial charge on any atom is -0.494 e. The van der Waals surface area contributed by atoms with Crippen molar-refractivity contribution in [3.8, 4) is 11.8 Å². The zero-order valence-corrected chi connectivity index (χ0v) is 16.9. The van der Waals surface area contributed by atoms with E-state index in [9.17, 15) is 5.26 Å². The summed E-state index contributed by atoms with van der Waals surface area (Å²) in [5, 5.41) is 17.0. The zero-order chi connectivity index (χ0) is 20.4. The summed E-state index contributed by atoms with van der Waals surface area (Å²) in [5.74, 6) is 0.586. The van der Waals surface area contributed by atoms with Gasteiger partial charge in [-0.05, 0) is 32.4 Å². The van der Waals surface area contributed by atoms with Gasteiger partial charge in [-0.1, -0.05) is 0 Å². The second kappa shape index (κ2) is 8.23. The first-order chi connectivity index (χ1) is 14.1. The molecule has 1 unspecified atom stereocenters. The van der Waals surface area contributed by atoms with Crippen molar-refractivity contribution in [1.82, 2.24) is 19.8 Å². The lowest BCUT2D eigenvalue weighted by Crippen LogP contribution is -2.58. The molecule has 2 aliphatic heterocycles. The first kappa shape index (κ1) is 19.4. The van der Waals surface area contributed by atoms with E-state index in [-0.39, 0.29) is 0 Å². The van der Waals surface area contributed by atoms with Crippen LogP contribution in [0, 0.1) is 11.3 Å². The molecule has 0 bridgehead atoms. The van der Waals surface area contributed by atoms with Gasteiger partial charge in [0.15, 0.2) is 0 Å². The van der Waals surface area contributed by atoms with Crippen molar-refractivity contribution in [3.05, 3.63) is 35.8 Å². The van der Waals surface area contributed by atoms with E-state index in [0.29, 0.717) is 28.9 Å². The molecule has 2 fully saturated rings. The van der Waals surface area contributed by atoms with E-state index >= 15 is 0 Å². The van der Waals surface area contributed by atoms with Crippen molar-refractivity contribution in [3.63, 3.8) is 0 Å². The molecule has 0 amide bonds. The first-order valence-corrected chi connectivity index (χ1v) is 10.0. The smallest absolute Gasteiger partial charge is 0.146 e. The number of nitriles is 1. The highest BCUT2D eigenvalue weighted by Crippen LogP contribution is 2.28. The molecular formula is C21H27N7O. The number of allylic oxidation sites excluding steroid dienone is 1. The van der Waals surface area contributed by atoms with Crippen LogP contribution in [0.2, 0.25) is 0 Å². The molecule has 2 saturated heterocycles. The Bertz CT molecular complexity index is 988. The number of nitrogens with zero attached hydrogens (tertiary/aromatic N) is 5. The molecule has 3 N–H and O–H groups in total. The third-order valence-corrected chi connectivity index (χ3v) is 5.84. The highest BCUT2D eigenvalue weighted by atomic mass is 16.5. The third-order valence-electron chi connectivity index (χ3n) is 5.84. The molecule has 0 radical (unpaired) electrons. The maximum Gasteiger partial charge on any atom is 0.146 e. The molecule has 29 heavy (non-hydrogen) atoms. The second-order valence-electron chi connectivity index (χ2n) is 7.66. The Labute approximate surface area is 170 Å². The number of methoxy groups -OCH3 is 1. The molecule has 2 aromatic heterocycles. The maximum absolute atomic E-state index is 9.29. The van der Waals surface area contributed by atoms with Gasteiger partial charge in [0.1, 0.15) is 22.9 Å². The number of likely N-dealkylation sites (tertiary alicyclic amines) is 1. The Morgan fingerprint density at radius 3 is 2.97 bits per heavy atom. The number of fused-ring (bicyclic) bond motifs is 1. The molecule has 8 heteroatoms. The Morgan fingerprint density at radius 2 is 2.31 bits per heavy atom. The lowest BCUT2D eigenvalue weighted by atomic mass is 9.99. The van der Waals surface area contributed by atoms with Gasteiger partial charge in [0.2, 0.25) is 0 Å². The number of hydrogen-bond donors (Lipinski definition) is 2. The van der Waals surface area contributed by atoms with Gasteiger partial charge in [-0.2, -0.15) is 10.4 Å². The first-order valence-electron chi connectivity index (χ1n) is 10.0. The molecule has 0 spiro atoms. The van der Waals surface area contributed by atoms with Crippen LogP contribution in [0.3, 0.4) is 0 Å². The van der Waals surface area contributed by atoms with Crippen LogP contribution in [0.15, 0.2) is 29.7 Å². The standard InChI is InChI=1S/C21H27N7O/c1-14(26-17-12-27(13-17)18-4-3-5-24-10-18)19(8-23)15-6-20(29-2)21-16(7-22)9-25-28(21)11-15/h6,8-9,11,17-18,24H,3-5,10,12-13,23H2,1-2H3/b19-8+,26-14?. The molecule has 4 rings (SSSR count). The van der Waals surface area contributed by atoms with Crippen LogP contribution in [0.1, 0.15) is 30.9 Å². The molecule has 0 aliphatic carbocycles. The Morgan fingerprint density at radius 1 is 1.48 bits per heavy atom. The van der Waals surface area contributed by atoms with Crippen molar-refractivity contribution in [2.75, 3.05) is 33.3 Å². The molecule has 152 valence electrons. The fraction of sp³-hybridized carbons (Fsp3) is 0.476. The van der Waals surface area contributed by atoms with Crippen molar-refractivity contribution < 1.29 is 4.74 Å². The Hall–Kier alpha value is -2.89. The van der Waals surface area contributed by atoms with E-state index in [1.807, 2.05) is 19.2 Å². The summed E-state index contributed by atoms with van der Waals surface area (Å²) in [6.45, 7) is 6.19. The van der Waals surface area contributed by atoms with Crippen LogP contribution in [0.25, 0.3) is 11.1 Å². The van der Waals surface area contributed by atoms with Gasteiger partial charge in [-0.15, -0.1) is 0 Å². The van der Waals surface area contributed by atoms with Crippen LogP contribution >= 0.6 is 0 Å². The van der Waals surface area contributed by atoms with E-state index in [4.69, 9.17) is 15.5 Å². The summed E-state index contributed by atoms with van der Waals surface area (Å²) in [7, 11) is 1.59. The van der Waals surface area contributed by atoms with E-state index in [1.54, 1.807) is 17.8 Å². The Balaban J connectivity index is 1.53. The normalized spacial score (nSPS) is 21.8. The van der Waals surface area contributed by atoms with Gasteiger partial charge in [-0.3, -0.25) is 9.89 Å². The topological polar surface area (TPSA) is 104 Å². The lowest BCUT2D eigenvalue weighted by Gasteiger charge is -2.44. The van der Waals surface area contributed by atoms with Gasteiger partial charge in [0, 0.05) is 54.9 Å². The number of nitrogens with one attached hydrogen (secondary N) is 1. The van der Waals surface area contributed by atoms with Gasteiger partial charge < -0.3 is 15.8 Å². The number of ether oxygens (including phenoxy) is 1. The second-order valence-corrected chi connectivity index (χ2v) is 7.66. The highest BCUT2D eigenvalue weighted by Gasteiger charge is 2.32. The van der Waals surface area contributed by atoms with E-state index in [0.717, 1.165) is 43.0 Å². The van der Waals surface area contributed by atoms with E-state index in [1.165, 1.54) is 19.0 Å². The lowest BCUT2D eigenvalue weighted by molar-refractivity contribution is 0.0795. The predicted octanol–water partition coefficient (Wildman–Crippen LogP) is 1.41. The van der Waals surface area contributed by atoms with Crippen LogP contribution in [0.5, 0.6) is 5.75 Å². The average Bonchev–Trinajstić information content (AvgIpc) is 3.14. The van der Waals surface area contributed by atoms with Crippen LogP contribution in [0.4, 0.5) is 0 Å². The van der Waals surface area contributed by atoms with Gasteiger partial charge in [0.25, 0.3) is 0 Å². The van der Waals surface area contributed by atoms with Crippen molar-refractivity contribution in [2.45, 2.75) is 31.8 Å². The van der Waals surface area contributed by atoms with E-state index in [2.05, 4.69) is 21.4 Å². The van der Waals surface area contributed by atoms with Crippen LogP contribution in [-0.4, -0.2) is 65.6 Å². The number of piperidine rings is 1. The van der Waals surface area contributed by atoms with Crippen molar-refractivity contribution in [1.29, 1.82) is 5.26 Å². The number of rotatable bonds is 5. The van der Waals surface area contributed by atoms with Gasteiger partial charge in [0.05, 0.1) is 19.3 Å². The maximum atomic E-state index is 9.29. The molecule has 2 aliphatic rings. The summed E-state index contributed by atoms with van der Waals surface area (Å²) in [4.78, 5) is 7.43. The minimum atomic E-state index is 0.299. The van der Waals surface area contributed by atoms with Crippen LogP contribution < -0.4 is 15.8 Å².